The van der Waals surface area contributed by atoms with Gasteiger partial charge in [0.05, 0.1) is 16.3 Å². The molecule has 1 unspecified atom stereocenters. The molecule has 6 heteroatoms. The van der Waals surface area contributed by atoms with E-state index in [4.69, 9.17) is 0 Å². The molecule has 0 aliphatic carbocycles. The first-order chi connectivity index (χ1) is 9.40. The topological polar surface area (TPSA) is 24.9 Å². The van der Waals surface area contributed by atoms with Gasteiger partial charge in [0.15, 0.2) is 0 Å². The number of aromatic nitrogens is 1. The van der Waals surface area contributed by atoms with Gasteiger partial charge in [0, 0.05) is 17.8 Å². The molecule has 1 heterocycles. The lowest BCUT2D eigenvalue weighted by Crippen LogP contribution is -2.19. The normalized spacial score (nSPS) is 13.4. The number of rotatable bonds is 4. The van der Waals surface area contributed by atoms with Gasteiger partial charge >= 0.3 is 6.18 Å². The van der Waals surface area contributed by atoms with Crippen molar-refractivity contribution in [2.45, 2.75) is 25.6 Å². The molecular weight excluding hydrogens is 285 g/mol. The van der Waals surface area contributed by atoms with Gasteiger partial charge in [0.25, 0.3) is 0 Å². The van der Waals surface area contributed by atoms with E-state index >= 15 is 0 Å². The fraction of sp³-hybridized carbons (Fsp3) is 0.357. The average molecular weight is 300 g/mol. The minimum Gasteiger partial charge on any atom is -0.313 e. The Balaban J connectivity index is 2.23. The van der Waals surface area contributed by atoms with Crippen molar-refractivity contribution in [1.29, 1.82) is 0 Å². The maximum Gasteiger partial charge on any atom is 0.416 e. The Hall–Kier alpha value is -1.40. The highest BCUT2D eigenvalue weighted by Crippen LogP contribution is 2.31. The largest absolute Gasteiger partial charge is 0.416 e. The van der Waals surface area contributed by atoms with Gasteiger partial charge in [-0.15, -0.1) is 11.3 Å². The summed E-state index contributed by atoms with van der Waals surface area (Å²) in [6.45, 7) is 1.91. The van der Waals surface area contributed by atoms with E-state index in [9.17, 15) is 13.2 Å². The van der Waals surface area contributed by atoms with Gasteiger partial charge in [-0.05, 0) is 31.7 Å². The minimum absolute atomic E-state index is 0.182. The summed E-state index contributed by atoms with van der Waals surface area (Å²) in [6.07, 6.45) is -3.74. The molecule has 108 valence electrons. The molecule has 0 aliphatic rings. The summed E-state index contributed by atoms with van der Waals surface area (Å²) in [5, 5.41) is 5.95. The SMILES string of the molecule is CNC(Cc1csc(C)n1)c1cccc(C(F)(F)F)c1. The number of nitrogens with zero attached hydrogens (tertiary/aromatic N) is 1. The van der Waals surface area contributed by atoms with Crippen molar-refractivity contribution >= 4 is 11.3 Å². The van der Waals surface area contributed by atoms with Gasteiger partial charge in [-0.25, -0.2) is 4.98 Å². The summed E-state index contributed by atoms with van der Waals surface area (Å²) in [5.74, 6) is 0. The Labute approximate surface area is 119 Å². The Morgan fingerprint density at radius 1 is 1.35 bits per heavy atom. The molecule has 0 bridgehead atoms. The average Bonchev–Trinajstić information content (AvgIpc) is 2.81. The summed E-state index contributed by atoms with van der Waals surface area (Å²) in [5.41, 5.74) is 0.891. The molecule has 1 aromatic carbocycles. The lowest BCUT2D eigenvalue weighted by Gasteiger charge is -2.17. The van der Waals surface area contributed by atoms with E-state index in [1.165, 1.54) is 12.1 Å². The van der Waals surface area contributed by atoms with Crippen LogP contribution in [0.25, 0.3) is 0 Å². The number of hydrogen-bond donors (Lipinski definition) is 1. The van der Waals surface area contributed by atoms with Crippen LogP contribution in [0.15, 0.2) is 29.6 Å². The molecule has 0 radical (unpaired) electrons. The Morgan fingerprint density at radius 3 is 2.65 bits per heavy atom. The monoisotopic (exact) mass is 300 g/mol. The number of benzene rings is 1. The van der Waals surface area contributed by atoms with Gasteiger partial charge in [-0.3, -0.25) is 0 Å². The standard InChI is InChI=1S/C14H15F3N2S/c1-9-19-12(8-20-9)7-13(18-2)10-4-3-5-11(6-10)14(15,16)17/h3-6,8,13,18H,7H2,1-2H3. The first-order valence-corrected chi connectivity index (χ1v) is 7.03. The van der Waals surface area contributed by atoms with E-state index in [1.807, 2.05) is 12.3 Å². The van der Waals surface area contributed by atoms with Crippen LogP contribution < -0.4 is 5.32 Å². The Morgan fingerprint density at radius 2 is 2.10 bits per heavy atom. The fourth-order valence-corrected chi connectivity index (χ4v) is 2.65. The number of nitrogens with one attached hydrogen (secondary N) is 1. The molecule has 2 nitrogen and oxygen atoms in total. The van der Waals surface area contributed by atoms with E-state index < -0.39 is 11.7 Å². The van der Waals surface area contributed by atoms with Crippen LogP contribution in [0.5, 0.6) is 0 Å². The molecule has 0 aliphatic heterocycles. The van der Waals surface area contributed by atoms with E-state index in [2.05, 4.69) is 10.3 Å². The third-order valence-electron chi connectivity index (χ3n) is 3.04. The number of likely N-dealkylation sites (N-methyl/N-ethyl adjacent to an activating group) is 1. The predicted octanol–water partition coefficient (Wildman–Crippen LogP) is 3.97. The number of alkyl halides is 3. The molecule has 1 aromatic heterocycles. The van der Waals surface area contributed by atoms with Crippen LogP contribution in [0.1, 0.15) is 27.9 Å². The molecule has 0 saturated heterocycles. The van der Waals surface area contributed by atoms with Gasteiger partial charge < -0.3 is 5.32 Å². The first kappa shape index (κ1) is 15.0. The van der Waals surface area contributed by atoms with Crippen LogP contribution >= 0.6 is 11.3 Å². The van der Waals surface area contributed by atoms with Gasteiger partial charge in [-0.1, -0.05) is 12.1 Å². The van der Waals surface area contributed by atoms with Crippen molar-refractivity contribution < 1.29 is 13.2 Å². The highest BCUT2D eigenvalue weighted by molar-refractivity contribution is 7.09. The summed E-state index contributed by atoms with van der Waals surface area (Å²) in [7, 11) is 1.74. The zero-order valence-corrected chi connectivity index (χ0v) is 12.0. The molecular formula is C14H15F3N2S. The van der Waals surface area contributed by atoms with Crippen molar-refractivity contribution in [3.8, 4) is 0 Å². The van der Waals surface area contributed by atoms with Crippen LogP contribution in [0, 0.1) is 6.92 Å². The van der Waals surface area contributed by atoms with Crippen LogP contribution in [0.2, 0.25) is 0 Å². The lowest BCUT2D eigenvalue weighted by atomic mass is 10.00. The quantitative estimate of drug-likeness (QED) is 0.924. The molecule has 2 aromatic rings. The van der Waals surface area contributed by atoms with E-state index in [0.29, 0.717) is 12.0 Å². The maximum absolute atomic E-state index is 12.7. The molecule has 0 amide bonds. The Bertz CT molecular complexity index is 578. The van der Waals surface area contributed by atoms with Crippen molar-refractivity contribution in [1.82, 2.24) is 10.3 Å². The van der Waals surface area contributed by atoms with Crippen molar-refractivity contribution in [2.24, 2.45) is 0 Å². The van der Waals surface area contributed by atoms with Gasteiger partial charge in [0.1, 0.15) is 0 Å². The van der Waals surface area contributed by atoms with Crippen LogP contribution in [0.3, 0.4) is 0 Å². The fourth-order valence-electron chi connectivity index (χ4n) is 2.03. The van der Waals surface area contributed by atoms with Crippen molar-refractivity contribution in [3.05, 3.63) is 51.5 Å². The van der Waals surface area contributed by atoms with Crippen LogP contribution in [0.4, 0.5) is 13.2 Å². The molecule has 2 rings (SSSR count). The molecule has 20 heavy (non-hydrogen) atoms. The highest BCUT2D eigenvalue weighted by atomic mass is 32.1. The van der Waals surface area contributed by atoms with Gasteiger partial charge in [0.2, 0.25) is 0 Å². The third kappa shape index (κ3) is 3.58. The lowest BCUT2D eigenvalue weighted by molar-refractivity contribution is -0.137. The summed E-state index contributed by atoms with van der Waals surface area (Å²) in [4.78, 5) is 4.35. The van der Waals surface area contributed by atoms with Crippen LogP contribution in [-0.4, -0.2) is 12.0 Å². The number of halogens is 3. The zero-order chi connectivity index (χ0) is 14.8. The molecule has 1 N–H and O–H groups in total. The molecule has 0 spiro atoms. The second-order valence-corrected chi connectivity index (χ2v) is 5.59. The van der Waals surface area contributed by atoms with Crippen molar-refractivity contribution in [2.75, 3.05) is 7.05 Å². The molecule has 0 fully saturated rings. The highest BCUT2D eigenvalue weighted by Gasteiger charge is 2.30. The van der Waals surface area contributed by atoms with E-state index in [-0.39, 0.29) is 6.04 Å². The number of thiazole rings is 1. The third-order valence-corrected chi connectivity index (χ3v) is 3.87. The minimum atomic E-state index is -4.31. The second-order valence-electron chi connectivity index (χ2n) is 4.53. The van der Waals surface area contributed by atoms with Crippen molar-refractivity contribution in [3.63, 3.8) is 0 Å². The number of aryl methyl sites for hydroxylation is 1. The first-order valence-electron chi connectivity index (χ1n) is 6.15. The second kappa shape index (κ2) is 5.93. The number of hydrogen-bond acceptors (Lipinski definition) is 3. The smallest absolute Gasteiger partial charge is 0.313 e. The van der Waals surface area contributed by atoms with Gasteiger partial charge in [-0.2, -0.15) is 13.2 Å². The predicted molar refractivity (Wildman–Crippen MR) is 73.8 cm³/mol. The summed E-state index contributed by atoms with van der Waals surface area (Å²) in [6, 6.07) is 5.24. The van der Waals surface area contributed by atoms with E-state index in [0.717, 1.165) is 16.8 Å². The molecule has 1 atom stereocenters. The van der Waals surface area contributed by atoms with E-state index in [1.54, 1.807) is 24.5 Å². The molecule has 0 saturated carbocycles. The van der Waals surface area contributed by atoms with Crippen LogP contribution in [-0.2, 0) is 12.6 Å². The maximum atomic E-state index is 12.7. The summed E-state index contributed by atoms with van der Waals surface area (Å²) >= 11 is 1.54. The summed E-state index contributed by atoms with van der Waals surface area (Å²) < 4.78 is 38.2. The zero-order valence-electron chi connectivity index (χ0n) is 11.2. The Kier molecular flexibility index (Phi) is 4.45.